The number of halogens is 1. The number of aromatic nitrogens is 2. The van der Waals surface area contributed by atoms with E-state index in [0.717, 1.165) is 24.3 Å². The van der Waals surface area contributed by atoms with Crippen molar-refractivity contribution in [2.24, 2.45) is 0 Å². The molecular weight excluding hydrogens is 402 g/mol. The summed E-state index contributed by atoms with van der Waals surface area (Å²) >= 11 is 6.13. The van der Waals surface area contributed by atoms with Gasteiger partial charge in [-0.15, -0.1) is 0 Å². The third kappa shape index (κ3) is 4.63. The van der Waals surface area contributed by atoms with Crippen LogP contribution in [0.3, 0.4) is 0 Å². The van der Waals surface area contributed by atoms with Crippen LogP contribution in [0.25, 0.3) is 11.4 Å². The van der Waals surface area contributed by atoms with Gasteiger partial charge < -0.3 is 14.7 Å². The standard InChI is InChI=1S/C22H24ClN5O2/c1-16(22-25-21(26-30-22)17-7-3-2-4-8-17)27-11-13-28(14-12-27)20(29)15-24-19-10-6-5-9-18(19)23/h2-10,16,24H,11-15H2,1H3. The lowest BCUT2D eigenvalue weighted by atomic mass is 10.2. The number of carbonyl (C=O) groups is 1. The van der Waals surface area contributed by atoms with Gasteiger partial charge in [0.15, 0.2) is 0 Å². The Hall–Kier alpha value is -2.90. The number of nitrogens with zero attached hydrogens (tertiary/aromatic N) is 4. The predicted molar refractivity (Wildman–Crippen MR) is 116 cm³/mol. The molecule has 2 heterocycles. The van der Waals surface area contributed by atoms with Crippen LogP contribution in [-0.4, -0.2) is 58.6 Å². The second kappa shape index (κ2) is 9.28. The molecule has 1 unspecified atom stereocenters. The van der Waals surface area contributed by atoms with Crippen LogP contribution in [0, 0.1) is 0 Å². The summed E-state index contributed by atoms with van der Waals surface area (Å²) in [4.78, 5) is 21.2. The van der Waals surface area contributed by atoms with Crippen molar-refractivity contribution in [2.75, 3.05) is 38.0 Å². The third-order valence-electron chi connectivity index (χ3n) is 5.35. The molecule has 1 aromatic heterocycles. The van der Waals surface area contributed by atoms with Crippen LogP contribution in [0.4, 0.5) is 5.69 Å². The van der Waals surface area contributed by atoms with Crippen LogP contribution in [-0.2, 0) is 4.79 Å². The average Bonchev–Trinajstić information content (AvgIpc) is 3.29. The van der Waals surface area contributed by atoms with E-state index in [0.29, 0.717) is 29.8 Å². The molecule has 1 atom stereocenters. The molecule has 1 saturated heterocycles. The number of piperazine rings is 1. The quantitative estimate of drug-likeness (QED) is 0.649. The fraction of sp³-hybridized carbons (Fsp3) is 0.318. The van der Waals surface area contributed by atoms with Crippen LogP contribution >= 0.6 is 11.6 Å². The first-order chi connectivity index (χ1) is 14.6. The molecule has 1 aliphatic heterocycles. The number of amides is 1. The fourth-order valence-electron chi connectivity index (χ4n) is 3.51. The van der Waals surface area contributed by atoms with E-state index in [2.05, 4.69) is 27.3 Å². The lowest BCUT2D eigenvalue weighted by molar-refractivity contribution is -0.131. The summed E-state index contributed by atoms with van der Waals surface area (Å²) in [5.74, 6) is 1.25. The molecule has 4 rings (SSSR count). The minimum absolute atomic E-state index is 0.00605. The summed E-state index contributed by atoms with van der Waals surface area (Å²) in [5.41, 5.74) is 1.70. The van der Waals surface area contributed by atoms with Crippen LogP contribution in [0.15, 0.2) is 59.1 Å². The van der Waals surface area contributed by atoms with E-state index in [9.17, 15) is 4.79 Å². The van der Waals surface area contributed by atoms with Gasteiger partial charge in [0.1, 0.15) is 0 Å². The van der Waals surface area contributed by atoms with Crippen LogP contribution in [0.2, 0.25) is 5.02 Å². The Labute approximate surface area is 180 Å². The maximum atomic E-state index is 12.6. The lowest BCUT2D eigenvalue weighted by Crippen LogP contribution is -2.50. The first kappa shape index (κ1) is 20.4. The number of anilines is 1. The first-order valence-corrected chi connectivity index (χ1v) is 10.4. The molecule has 2 aromatic carbocycles. The van der Waals surface area contributed by atoms with Crippen molar-refractivity contribution in [1.29, 1.82) is 0 Å². The normalized spacial score (nSPS) is 15.7. The largest absolute Gasteiger partial charge is 0.375 e. The number of carbonyl (C=O) groups excluding carboxylic acids is 1. The zero-order valence-corrected chi connectivity index (χ0v) is 17.5. The van der Waals surface area contributed by atoms with Crippen LogP contribution in [0.5, 0.6) is 0 Å². The summed E-state index contributed by atoms with van der Waals surface area (Å²) in [6.45, 7) is 5.10. The smallest absolute Gasteiger partial charge is 0.244 e. The number of benzene rings is 2. The van der Waals surface area contributed by atoms with Crippen molar-refractivity contribution in [3.05, 3.63) is 65.5 Å². The van der Waals surface area contributed by atoms with Gasteiger partial charge in [-0.2, -0.15) is 4.98 Å². The molecule has 0 bridgehead atoms. The molecule has 30 heavy (non-hydrogen) atoms. The fourth-order valence-corrected chi connectivity index (χ4v) is 3.71. The summed E-state index contributed by atoms with van der Waals surface area (Å²) < 4.78 is 5.50. The molecule has 1 fully saturated rings. The van der Waals surface area contributed by atoms with Crippen molar-refractivity contribution in [3.63, 3.8) is 0 Å². The Morgan fingerprint density at radius 3 is 2.53 bits per heavy atom. The topological polar surface area (TPSA) is 74.5 Å². The Balaban J connectivity index is 1.29. The van der Waals surface area contributed by atoms with E-state index in [4.69, 9.17) is 16.1 Å². The highest BCUT2D eigenvalue weighted by molar-refractivity contribution is 6.33. The molecule has 1 amide bonds. The molecule has 3 aromatic rings. The van der Waals surface area contributed by atoms with Gasteiger partial charge in [0.25, 0.3) is 0 Å². The Kier molecular flexibility index (Phi) is 6.30. The van der Waals surface area contributed by atoms with E-state index in [1.54, 1.807) is 6.07 Å². The third-order valence-corrected chi connectivity index (χ3v) is 5.68. The summed E-state index contributed by atoms with van der Waals surface area (Å²) in [6.07, 6.45) is 0. The molecule has 1 aliphatic rings. The van der Waals surface area contributed by atoms with Crippen molar-refractivity contribution in [2.45, 2.75) is 13.0 Å². The molecule has 8 heteroatoms. The van der Waals surface area contributed by atoms with Crippen molar-refractivity contribution in [3.8, 4) is 11.4 Å². The number of hydrogen-bond acceptors (Lipinski definition) is 6. The predicted octanol–water partition coefficient (Wildman–Crippen LogP) is 3.71. The summed E-state index contributed by atoms with van der Waals surface area (Å²) in [6, 6.07) is 17.2. The van der Waals surface area contributed by atoms with Crippen LogP contribution < -0.4 is 5.32 Å². The van der Waals surface area contributed by atoms with E-state index >= 15 is 0 Å². The maximum Gasteiger partial charge on any atom is 0.244 e. The van der Waals surface area contributed by atoms with Gasteiger partial charge in [0.2, 0.25) is 17.6 Å². The SMILES string of the molecule is CC(c1nc(-c2ccccc2)no1)N1CCN(C(=O)CNc2ccccc2Cl)CC1. The number of para-hydroxylation sites is 1. The molecule has 0 spiro atoms. The van der Waals surface area contributed by atoms with Crippen molar-refractivity contribution in [1.82, 2.24) is 19.9 Å². The van der Waals surface area contributed by atoms with Gasteiger partial charge in [0.05, 0.1) is 23.3 Å². The van der Waals surface area contributed by atoms with E-state index < -0.39 is 0 Å². The van der Waals surface area contributed by atoms with Crippen LogP contribution in [0.1, 0.15) is 18.9 Å². The van der Waals surface area contributed by atoms with Gasteiger partial charge in [-0.05, 0) is 19.1 Å². The molecule has 0 saturated carbocycles. The van der Waals surface area contributed by atoms with Crippen molar-refractivity contribution < 1.29 is 9.32 Å². The van der Waals surface area contributed by atoms with E-state index in [1.807, 2.05) is 53.4 Å². The molecule has 0 radical (unpaired) electrons. The molecular formula is C22H24ClN5O2. The Bertz CT molecular complexity index is 986. The monoisotopic (exact) mass is 425 g/mol. The lowest BCUT2D eigenvalue weighted by Gasteiger charge is -2.36. The van der Waals surface area contributed by atoms with Gasteiger partial charge in [-0.3, -0.25) is 9.69 Å². The van der Waals surface area contributed by atoms with E-state index in [1.165, 1.54) is 0 Å². The van der Waals surface area contributed by atoms with E-state index in [-0.39, 0.29) is 18.5 Å². The molecule has 1 N–H and O–H groups in total. The Morgan fingerprint density at radius 1 is 1.10 bits per heavy atom. The zero-order valence-electron chi connectivity index (χ0n) is 16.8. The summed E-state index contributed by atoms with van der Waals surface area (Å²) in [5, 5.41) is 7.84. The summed E-state index contributed by atoms with van der Waals surface area (Å²) in [7, 11) is 0. The molecule has 7 nitrogen and oxygen atoms in total. The zero-order chi connectivity index (χ0) is 20.9. The number of nitrogens with one attached hydrogen (secondary N) is 1. The van der Waals surface area contributed by atoms with Gasteiger partial charge in [-0.25, -0.2) is 0 Å². The number of hydrogen-bond donors (Lipinski definition) is 1. The average molecular weight is 426 g/mol. The minimum Gasteiger partial charge on any atom is -0.375 e. The number of rotatable bonds is 6. The first-order valence-electron chi connectivity index (χ1n) is 10.0. The van der Waals surface area contributed by atoms with Gasteiger partial charge in [-0.1, -0.05) is 59.2 Å². The Morgan fingerprint density at radius 2 is 1.80 bits per heavy atom. The highest BCUT2D eigenvalue weighted by Gasteiger charge is 2.27. The second-order valence-electron chi connectivity index (χ2n) is 7.25. The second-order valence-corrected chi connectivity index (χ2v) is 7.66. The minimum atomic E-state index is -0.00605. The molecule has 0 aliphatic carbocycles. The van der Waals surface area contributed by atoms with Gasteiger partial charge >= 0.3 is 0 Å². The van der Waals surface area contributed by atoms with Crippen molar-refractivity contribution >= 4 is 23.2 Å². The highest BCUT2D eigenvalue weighted by Crippen LogP contribution is 2.24. The molecule has 156 valence electrons. The van der Waals surface area contributed by atoms with Gasteiger partial charge in [0, 0.05) is 31.7 Å². The maximum absolute atomic E-state index is 12.6. The highest BCUT2D eigenvalue weighted by atomic mass is 35.5.